The fourth-order valence-corrected chi connectivity index (χ4v) is 1.24. The maximum Gasteiger partial charge on any atom is 0.328 e. The number of rotatable bonds is 3. The lowest BCUT2D eigenvalue weighted by atomic mass is 10.3. The Bertz CT molecular complexity index is 378. The van der Waals surface area contributed by atoms with Gasteiger partial charge in [-0.2, -0.15) is 0 Å². The standard InChI is InChI=1S/C11H18N2O/c1-9(2)5-6-12-7-8-13(10(3)4)11(12)14/h5,7-8,10H,6H2,1-4H3. The molecule has 0 aromatic carbocycles. The van der Waals surface area contributed by atoms with E-state index < -0.39 is 0 Å². The summed E-state index contributed by atoms with van der Waals surface area (Å²) in [6, 6.07) is 0.232. The number of hydrogen-bond acceptors (Lipinski definition) is 1. The number of hydrogen-bond donors (Lipinski definition) is 0. The number of aromatic nitrogens is 2. The van der Waals surface area contributed by atoms with Crippen LogP contribution >= 0.6 is 0 Å². The Kier molecular flexibility index (Phi) is 3.33. The predicted molar refractivity (Wildman–Crippen MR) is 58.5 cm³/mol. The second kappa shape index (κ2) is 4.31. The molecule has 0 aliphatic carbocycles. The molecule has 0 fully saturated rings. The van der Waals surface area contributed by atoms with Crippen molar-refractivity contribution in [3.05, 3.63) is 34.5 Å². The first kappa shape index (κ1) is 10.8. The molecule has 0 N–H and O–H groups in total. The first-order chi connectivity index (χ1) is 6.52. The molecule has 1 aromatic rings. The monoisotopic (exact) mass is 194 g/mol. The van der Waals surface area contributed by atoms with Crippen LogP contribution in [0.4, 0.5) is 0 Å². The van der Waals surface area contributed by atoms with E-state index in [4.69, 9.17) is 0 Å². The van der Waals surface area contributed by atoms with Crippen LogP contribution in [-0.4, -0.2) is 9.13 Å². The lowest BCUT2D eigenvalue weighted by Crippen LogP contribution is -2.24. The van der Waals surface area contributed by atoms with Crippen molar-refractivity contribution < 1.29 is 0 Å². The van der Waals surface area contributed by atoms with E-state index in [1.54, 1.807) is 9.13 Å². The van der Waals surface area contributed by atoms with Crippen molar-refractivity contribution >= 4 is 0 Å². The Labute approximate surface area is 84.7 Å². The summed E-state index contributed by atoms with van der Waals surface area (Å²) in [5, 5.41) is 0. The molecule has 0 bridgehead atoms. The zero-order valence-corrected chi connectivity index (χ0v) is 9.32. The highest BCUT2D eigenvalue weighted by molar-refractivity contribution is 4.95. The van der Waals surface area contributed by atoms with E-state index in [9.17, 15) is 4.79 Å². The van der Waals surface area contributed by atoms with Gasteiger partial charge < -0.3 is 0 Å². The summed E-state index contributed by atoms with van der Waals surface area (Å²) in [6.07, 6.45) is 5.72. The third-order valence-electron chi connectivity index (χ3n) is 2.13. The van der Waals surface area contributed by atoms with Gasteiger partial charge in [0.2, 0.25) is 0 Å². The Morgan fingerprint density at radius 3 is 2.50 bits per heavy atom. The lowest BCUT2D eigenvalue weighted by molar-refractivity contribution is 0.562. The molecule has 0 atom stereocenters. The minimum absolute atomic E-state index is 0.0671. The highest BCUT2D eigenvalue weighted by Gasteiger charge is 2.04. The largest absolute Gasteiger partial charge is 0.328 e. The maximum absolute atomic E-state index is 11.7. The summed E-state index contributed by atoms with van der Waals surface area (Å²) in [7, 11) is 0. The molecule has 14 heavy (non-hydrogen) atoms. The van der Waals surface area contributed by atoms with Gasteiger partial charge >= 0.3 is 5.69 Å². The van der Waals surface area contributed by atoms with Crippen LogP contribution in [0.5, 0.6) is 0 Å². The van der Waals surface area contributed by atoms with Crippen LogP contribution < -0.4 is 5.69 Å². The van der Waals surface area contributed by atoms with Crippen LogP contribution in [0.15, 0.2) is 28.8 Å². The van der Waals surface area contributed by atoms with Crippen molar-refractivity contribution in [1.29, 1.82) is 0 Å². The van der Waals surface area contributed by atoms with Gasteiger partial charge in [-0.15, -0.1) is 0 Å². The molecule has 0 aliphatic rings. The Balaban J connectivity index is 2.91. The summed E-state index contributed by atoms with van der Waals surface area (Å²) in [5.74, 6) is 0. The van der Waals surface area contributed by atoms with Gasteiger partial charge in [-0.05, 0) is 27.7 Å². The summed E-state index contributed by atoms with van der Waals surface area (Å²) >= 11 is 0. The molecule has 0 amide bonds. The summed E-state index contributed by atoms with van der Waals surface area (Å²) in [4.78, 5) is 11.7. The van der Waals surface area contributed by atoms with Crippen LogP contribution in [-0.2, 0) is 6.54 Å². The molecule has 3 heteroatoms. The van der Waals surface area contributed by atoms with Gasteiger partial charge in [-0.1, -0.05) is 11.6 Å². The first-order valence-electron chi connectivity index (χ1n) is 4.93. The fourth-order valence-electron chi connectivity index (χ4n) is 1.24. The maximum atomic E-state index is 11.7. The minimum Gasteiger partial charge on any atom is -0.297 e. The quantitative estimate of drug-likeness (QED) is 0.678. The molecule has 1 heterocycles. The Morgan fingerprint density at radius 2 is 2.07 bits per heavy atom. The van der Waals surface area contributed by atoms with E-state index >= 15 is 0 Å². The Morgan fingerprint density at radius 1 is 1.43 bits per heavy atom. The first-order valence-corrected chi connectivity index (χ1v) is 4.93. The second-order valence-corrected chi connectivity index (χ2v) is 4.02. The van der Waals surface area contributed by atoms with Crippen molar-refractivity contribution in [3.8, 4) is 0 Å². The molecular weight excluding hydrogens is 176 g/mol. The van der Waals surface area contributed by atoms with Crippen LogP contribution in [0.25, 0.3) is 0 Å². The van der Waals surface area contributed by atoms with Crippen LogP contribution in [0.2, 0.25) is 0 Å². The molecule has 0 aliphatic heterocycles. The molecule has 0 saturated carbocycles. The average Bonchev–Trinajstić information content (AvgIpc) is 2.43. The predicted octanol–water partition coefficient (Wildman–Crippen LogP) is 2.20. The molecule has 0 spiro atoms. The van der Waals surface area contributed by atoms with Gasteiger partial charge in [0.1, 0.15) is 0 Å². The molecule has 78 valence electrons. The van der Waals surface area contributed by atoms with E-state index in [1.165, 1.54) is 5.57 Å². The van der Waals surface area contributed by atoms with Gasteiger partial charge in [0.15, 0.2) is 0 Å². The summed E-state index contributed by atoms with van der Waals surface area (Å²) < 4.78 is 3.45. The van der Waals surface area contributed by atoms with E-state index in [0.29, 0.717) is 6.54 Å². The van der Waals surface area contributed by atoms with E-state index in [1.807, 2.05) is 46.2 Å². The van der Waals surface area contributed by atoms with E-state index in [-0.39, 0.29) is 11.7 Å². The fraction of sp³-hybridized carbons (Fsp3) is 0.545. The summed E-state index contributed by atoms with van der Waals surface area (Å²) in [6.45, 7) is 8.75. The molecule has 0 saturated heterocycles. The molecular formula is C11H18N2O. The third-order valence-corrected chi connectivity index (χ3v) is 2.13. The van der Waals surface area contributed by atoms with Gasteiger partial charge in [0.05, 0.1) is 0 Å². The average molecular weight is 194 g/mol. The van der Waals surface area contributed by atoms with Crippen LogP contribution in [0.1, 0.15) is 33.7 Å². The third kappa shape index (κ3) is 2.37. The number of imidazole rings is 1. The van der Waals surface area contributed by atoms with Gasteiger partial charge in [-0.3, -0.25) is 9.13 Å². The van der Waals surface area contributed by atoms with Crippen molar-refractivity contribution in [1.82, 2.24) is 9.13 Å². The number of nitrogens with zero attached hydrogens (tertiary/aromatic N) is 2. The van der Waals surface area contributed by atoms with E-state index in [0.717, 1.165) is 0 Å². The topological polar surface area (TPSA) is 26.9 Å². The SMILES string of the molecule is CC(C)=CCn1ccn(C(C)C)c1=O. The lowest BCUT2D eigenvalue weighted by Gasteiger charge is -2.03. The smallest absolute Gasteiger partial charge is 0.297 e. The van der Waals surface area contributed by atoms with Crippen molar-refractivity contribution in [2.45, 2.75) is 40.3 Å². The minimum atomic E-state index is 0.0671. The highest BCUT2D eigenvalue weighted by Crippen LogP contribution is 1.99. The van der Waals surface area contributed by atoms with Crippen molar-refractivity contribution in [3.63, 3.8) is 0 Å². The number of allylic oxidation sites excluding steroid dienone is 2. The molecule has 0 unspecified atom stereocenters. The normalized spacial score (nSPS) is 10.6. The Hall–Kier alpha value is -1.25. The van der Waals surface area contributed by atoms with Crippen molar-refractivity contribution in [2.24, 2.45) is 0 Å². The molecule has 1 aromatic heterocycles. The second-order valence-electron chi connectivity index (χ2n) is 4.02. The van der Waals surface area contributed by atoms with Crippen LogP contribution in [0.3, 0.4) is 0 Å². The highest BCUT2D eigenvalue weighted by atomic mass is 16.1. The van der Waals surface area contributed by atoms with Crippen molar-refractivity contribution in [2.75, 3.05) is 0 Å². The van der Waals surface area contributed by atoms with Crippen LogP contribution in [0, 0.1) is 0 Å². The molecule has 3 nitrogen and oxygen atoms in total. The zero-order chi connectivity index (χ0) is 10.7. The summed E-state index contributed by atoms with van der Waals surface area (Å²) in [5.41, 5.74) is 1.30. The van der Waals surface area contributed by atoms with Gasteiger partial charge in [-0.25, -0.2) is 4.79 Å². The zero-order valence-electron chi connectivity index (χ0n) is 9.32. The molecule has 0 radical (unpaired) electrons. The molecule has 1 rings (SSSR count). The van der Waals surface area contributed by atoms with Gasteiger partial charge in [0, 0.05) is 25.0 Å². The van der Waals surface area contributed by atoms with E-state index in [2.05, 4.69) is 0 Å². The van der Waals surface area contributed by atoms with Gasteiger partial charge in [0.25, 0.3) is 0 Å².